The Bertz CT molecular complexity index is 563. The van der Waals surface area contributed by atoms with Gasteiger partial charge >= 0.3 is 5.97 Å². The van der Waals surface area contributed by atoms with E-state index in [-0.39, 0.29) is 29.0 Å². The molecule has 0 saturated carbocycles. The molecule has 0 aromatic carbocycles. The van der Waals surface area contributed by atoms with E-state index in [0.29, 0.717) is 0 Å². The van der Waals surface area contributed by atoms with E-state index in [1.54, 1.807) is 0 Å². The molecule has 18 heavy (non-hydrogen) atoms. The third kappa shape index (κ3) is 2.76. The summed E-state index contributed by atoms with van der Waals surface area (Å²) in [6, 6.07) is 0. The molecule has 0 spiro atoms. The number of nitrogens with two attached hydrogens (primary N) is 1. The molecule has 0 aliphatic rings. The number of aromatic nitrogens is 5. The number of carbonyl (C=O) groups is 1. The van der Waals surface area contributed by atoms with Crippen LogP contribution >= 0.6 is 11.3 Å². The molecule has 11 heteroatoms. The van der Waals surface area contributed by atoms with Crippen molar-refractivity contribution in [1.29, 1.82) is 0 Å². The van der Waals surface area contributed by atoms with Gasteiger partial charge in [0.05, 0.1) is 0 Å². The summed E-state index contributed by atoms with van der Waals surface area (Å²) < 4.78 is 0. The fourth-order valence-electron chi connectivity index (χ4n) is 0.990. The molecule has 0 amide bonds. The maximum atomic E-state index is 11.0. The Morgan fingerprint density at radius 2 is 2.50 bits per heavy atom. The molecule has 0 fully saturated rings. The van der Waals surface area contributed by atoms with Crippen molar-refractivity contribution >= 4 is 28.1 Å². The summed E-state index contributed by atoms with van der Waals surface area (Å²) in [6.07, 6.45) is 0. The fraction of sp³-hybridized carbons (Fsp3) is 0.143. The molecule has 0 saturated heterocycles. The molecule has 0 atom stereocenters. The van der Waals surface area contributed by atoms with E-state index >= 15 is 0 Å². The monoisotopic (exact) mass is 269 g/mol. The van der Waals surface area contributed by atoms with Gasteiger partial charge in [0.1, 0.15) is 5.69 Å². The van der Waals surface area contributed by atoms with Crippen molar-refractivity contribution in [2.24, 2.45) is 5.16 Å². The molecule has 10 nitrogen and oxygen atoms in total. The molecular formula is C7H7N7O3S. The lowest BCUT2D eigenvalue weighted by molar-refractivity contribution is -0.129. The number of H-pyrrole nitrogens is 1. The van der Waals surface area contributed by atoms with Crippen LogP contribution in [0.1, 0.15) is 11.5 Å². The highest BCUT2D eigenvalue weighted by molar-refractivity contribution is 7.13. The molecule has 2 aromatic rings. The van der Waals surface area contributed by atoms with E-state index in [4.69, 9.17) is 15.7 Å². The zero-order chi connectivity index (χ0) is 13.0. The van der Waals surface area contributed by atoms with E-state index in [1.165, 1.54) is 5.38 Å². The first kappa shape index (κ1) is 11.9. The number of oxime groups is 1. The van der Waals surface area contributed by atoms with Crippen molar-refractivity contribution in [2.45, 2.75) is 6.61 Å². The lowest BCUT2D eigenvalue weighted by atomic mass is 10.3. The van der Waals surface area contributed by atoms with E-state index in [9.17, 15) is 4.79 Å². The smallest absolute Gasteiger partial charge is 0.360 e. The van der Waals surface area contributed by atoms with Crippen molar-refractivity contribution in [2.75, 3.05) is 5.73 Å². The number of anilines is 1. The minimum Gasteiger partial charge on any atom is -0.476 e. The highest BCUT2D eigenvalue weighted by Crippen LogP contribution is 2.12. The number of tetrazole rings is 1. The van der Waals surface area contributed by atoms with Crippen LogP contribution in [0.15, 0.2) is 10.5 Å². The Labute approximate surface area is 103 Å². The molecule has 2 rings (SSSR count). The van der Waals surface area contributed by atoms with Gasteiger partial charge in [-0.25, -0.2) is 9.78 Å². The van der Waals surface area contributed by atoms with Gasteiger partial charge in [0.25, 0.3) is 0 Å². The van der Waals surface area contributed by atoms with E-state index in [0.717, 1.165) is 11.3 Å². The average Bonchev–Trinajstić information content (AvgIpc) is 2.95. The van der Waals surface area contributed by atoms with Crippen LogP contribution in [0.2, 0.25) is 0 Å². The second-order valence-corrected chi connectivity index (χ2v) is 3.81. The molecule has 0 bridgehead atoms. The highest BCUT2D eigenvalue weighted by Gasteiger charge is 2.17. The van der Waals surface area contributed by atoms with Gasteiger partial charge in [-0.2, -0.15) is 5.21 Å². The fourth-order valence-corrected chi connectivity index (χ4v) is 1.54. The van der Waals surface area contributed by atoms with Gasteiger partial charge in [-0.1, -0.05) is 10.4 Å². The van der Waals surface area contributed by atoms with Crippen LogP contribution in [-0.2, 0) is 16.2 Å². The lowest BCUT2D eigenvalue weighted by Gasteiger charge is -1.97. The standard InChI is InChI=1S/C7H7N7O3S/c8-7-9-3(2-18-7)5(6(15)16)12-17-1-4-10-13-14-11-4/h2H,1H2,(H2,8,9)(H,15,16)(H,10,11,13,14)/b12-5+. The highest BCUT2D eigenvalue weighted by atomic mass is 32.1. The topological polar surface area (TPSA) is 152 Å². The second kappa shape index (κ2) is 5.18. The van der Waals surface area contributed by atoms with Gasteiger partial charge in [-0.3, -0.25) is 0 Å². The summed E-state index contributed by atoms with van der Waals surface area (Å²) in [5, 5.41) is 26.9. The molecule has 0 radical (unpaired) electrons. The molecule has 0 aliphatic heterocycles. The van der Waals surface area contributed by atoms with E-state index in [1.807, 2.05) is 0 Å². The molecule has 0 unspecified atom stereocenters. The normalized spacial score (nSPS) is 11.4. The number of aromatic amines is 1. The first-order chi connectivity index (χ1) is 8.66. The van der Waals surface area contributed by atoms with Crippen LogP contribution in [0.3, 0.4) is 0 Å². The Morgan fingerprint density at radius 3 is 3.06 bits per heavy atom. The van der Waals surface area contributed by atoms with Crippen LogP contribution < -0.4 is 5.73 Å². The summed E-state index contributed by atoms with van der Waals surface area (Å²) in [5.74, 6) is -1.02. The quantitative estimate of drug-likeness (QED) is 0.473. The average molecular weight is 269 g/mol. The zero-order valence-electron chi connectivity index (χ0n) is 8.77. The van der Waals surface area contributed by atoms with Crippen LogP contribution in [0.4, 0.5) is 5.13 Å². The van der Waals surface area contributed by atoms with Gasteiger partial charge in [-0.15, -0.1) is 21.5 Å². The number of nitrogen functional groups attached to an aromatic ring is 1. The zero-order valence-corrected chi connectivity index (χ0v) is 9.59. The predicted octanol–water partition coefficient (Wildman–Crippen LogP) is -0.756. The number of nitrogens with zero attached hydrogens (tertiary/aromatic N) is 5. The number of thiazole rings is 1. The Hall–Kier alpha value is -2.56. The number of carboxylic acid groups (broad SMARTS) is 1. The van der Waals surface area contributed by atoms with Crippen molar-refractivity contribution in [3.8, 4) is 0 Å². The largest absolute Gasteiger partial charge is 0.476 e. The van der Waals surface area contributed by atoms with Gasteiger partial charge in [-0.05, 0) is 0 Å². The van der Waals surface area contributed by atoms with Crippen LogP contribution in [-0.4, -0.2) is 42.4 Å². The van der Waals surface area contributed by atoms with Crippen molar-refractivity contribution < 1.29 is 14.7 Å². The number of hydrogen-bond acceptors (Lipinski definition) is 9. The molecule has 2 heterocycles. The summed E-state index contributed by atoms with van der Waals surface area (Å²) in [4.78, 5) is 19.6. The molecule has 0 aliphatic carbocycles. The van der Waals surface area contributed by atoms with Crippen molar-refractivity contribution in [3.05, 3.63) is 16.9 Å². The van der Waals surface area contributed by atoms with Crippen LogP contribution in [0.25, 0.3) is 0 Å². The third-order valence-electron chi connectivity index (χ3n) is 1.71. The van der Waals surface area contributed by atoms with E-state index < -0.39 is 5.97 Å². The Balaban J connectivity index is 2.08. The van der Waals surface area contributed by atoms with Gasteiger partial charge in [0, 0.05) is 5.38 Å². The molecular weight excluding hydrogens is 262 g/mol. The molecule has 2 aromatic heterocycles. The maximum Gasteiger partial charge on any atom is 0.360 e. The first-order valence-electron chi connectivity index (χ1n) is 4.53. The summed E-state index contributed by atoms with van der Waals surface area (Å²) >= 11 is 1.11. The summed E-state index contributed by atoms with van der Waals surface area (Å²) in [6.45, 7) is -0.104. The Morgan fingerprint density at radius 1 is 1.67 bits per heavy atom. The minimum atomic E-state index is -1.27. The second-order valence-electron chi connectivity index (χ2n) is 2.92. The van der Waals surface area contributed by atoms with Crippen molar-refractivity contribution in [1.82, 2.24) is 25.6 Å². The SMILES string of the molecule is Nc1nc(/C(=N\OCc2nn[nH]n2)C(=O)O)cs1. The van der Waals surface area contributed by atoms with Crippen LogP contribution in [0.5, 0.6) is 0 Å². The third-order valence-corrected chi connectivity index (χ3v) is 2.38. The van der Waals surface area contributed by atoms with E-state index in [2.05, 4.69) is 30.8 Å². The lowest BCUT2D eigenvalue weighted by Crippen LogP contribution is -2.15. The summed E-state index contributed by atoms with van der Waals surface area (Å²) in [7, 11) is 0. The van der Waals surface area contributed by atoms with Crippen LogP contribution in [0, 0.1) is 0 Å². The maximum absolute atomic E-state index is 11.0. The number of nitrogens with one attached hydrogen (secondary N) is 1. The minimum absolute atomic E-state index is 0.104. The number of rotatable bonds is 5. The van der Waals surface area contributed by atoms with Gasteiger partial charge in [0.15, 0.2) is 11.7 Å². The van der Waals surface area contributed by atoms with Gasteiger partial charge < -0.3 is 15.7 Å². The molecule has 94 valence electrons. The van der Waals surface area contributed by atoms with Crippen molar-refractivity contribution in [3.63, 3.8) is 0 Å². The number of hydrogen-bond donors (Lipinski definition) is 3. The molecule has 4 N–H and O–H groups in total. The predicted molar refractivity (Wildman–Crippen MR) is 59.7 cm³/mol. The number of carboxylic acids is 1. The Kier molecular flexibility index (Phi) is 3.43. The first-order valence-corrected chi connectivity index (χ1v) is 5.41. The van der Waals surface area contributed by atoms with Gasteiger partial charge in [0.2, 0.25) is 11.5 Å². The summed E-state index contributed by atoms with van der Waals surface area (Å²) in [5.41, 5.74) is 5.20. The number of aliphatic carboxylic acids is 1.